The van der Waals surface area contributed by atoms with Gasteiger partial charge in [-0.15, -0.1) is 0 Å². The minimum atomic E-state index is -2.45. The lowest BCUT2D eigenvalue weighted by Gasteiger charge is -2.19. The monoisotopic (exact) mass is 327 g/mol. The van der Waals surface area contributed by atoms with Crippen molar-refractivity contribution in [1.29, 1.82) is 5.26 Å². The number of hydrogen-bond donors (Lipinski definition) is 0. The maximum atomic E-state index is 8.78. The van der Waals surface area contributed by atoms with Gasteiger partial charge in [0.15, 0.2) is 0 Å². The topological polar surface area (TPSA) is 42.2 Å². The molecule has 0 fully saturated rings. The van der Waals surface area contributed by atoms with Gasteiger partial charge in [0, 0.05) is 13.2 Å². The largest absolute Gasteiger partial charge is 0.435 e. The number of rotatable bonds is 4. The van der Waals surface area contributed by atoms with E-state index >= 15 is 0 Å². The summed E-state index contributed by atoms with van der Waals surface area (Å²) in [5.41, 5.74) is -2.16. The van der Waals surface area contributed by atoms with Crippen molar-refractivity contribution in [1.82, 2.24) is 0 Å². The van der Waals surface area contributed by atoms with E-state index in [2.05, 4.69) is 0 Å². The van der Waals surface area contributed by atoms with Crippen LogP contribution in [-0.4, -0.2) is 13.4 Å². The van der Waals surface area contributed by atoms with Crippen molar-refractivity contribution in [2.24, 2.45) is 0 Å². The maximum Gasteiger partial charge on any atom is 0.297 e. The lowest BCUT2D eigenvalue weighted by molar-refractivity contribution is 0.409. The second kappa shape index (κ2) is 6.29. The van der Waals surface area contributed by atoms with E-state index in [0.29, 0.717) is 11.3 Å². The molecule has 0 saturated carbocycles. The average molecular weight is 328 g/mol. The standard InChI is InChI=1S/C9H8Cl2NO2PS2/c1-13-15(16,17-2)14-9-4-7(10)6(5-12)3-8(9)11/h3-4H,1-2H3. The molecule has 0 N–H and O–H groups in total. The van der Waals surface area contributed by atoms with Crippen molar-refractivity contribution in [3.8, 4) is 11.8 Å². The Morgan fingerprint density at radius 3 is 2.53 bits per heavy atom. The normalized spacial score (nSPS) is 13.8. The van der Waals surface area contributed by atoms with Gasteiger partial charge in [-0.2, -0.15) is 5.26 Å². The second-order valence-corrected chi connectivity index (χ2v) is 10.1. The van der Waals surface area contributed by atoms with Crippen molar-refractivity contribution in [3.05, 3.63) is 27.7 Å². The molecule has 0 aromatic heterocycles. The molecule has 0 aliphatic heterocycles. The third-order valence-corrected chi connectivity index (χ3v) is 7.75. The summed E-state index contributed by atoms with van der Waals surface area (Å²) >= 11 is 18.4. The Balaban J connectivity index is 3.13. The molecule has 1 atom stereocenters. The van der Waals surface area contributed by atoms with Crippen LogP contribution in [0.1, 0.15) is 5.56 Å². The minimum absolute atomic E-state index is 0.269. The van der Waals surface area contributed by atoms with E-state index < -0.39 is 5.69 Å². The summed E-state index contributed by atoms with van der Waals surface area (Å²) in [6.45, 7) is 0. The summed E-state index contributed by atoms with van der Waals surface area (Å²) in [7, 11) is 1.48. The zero-order valence-electron chi connectivity index (χ0n) is 8.94. The molecule has 17 heavy (non-hydrogen) atoms. The van der Waals surface area contributed by atoms with E-state index in [4.69, 9.17) is 49.3 Å². The average Bonchev–Trinajstić information content (AvgIpc) is 2.33. The highest BCUT2D eigenvalue weighted by Gasteiger charge is 2.20. The van der Waals surface area contributed by atoms with Crippen LogP contribution in [0.5, 0.6) is 5.75 Å². The number of halogens is 2. The molecular formula is C9H8Cl2NO2PS2. The number of benzene rings is 1. The molecule has 0 heterocycles. The predicted molar refractivity (Wildman–Crippen MR) is 76.6 cm³/mol. The van der Waals surface area contributed by atoms with Crippen molar-refractivity contribution in [2.75, 3.05) is 13.4 Å². The highest BCUT2D eigenvalue weighted by atomic mass is 35.5. The Hall–Kier alpha value is 0.0500. The molecule has 0 spiro atoms. The fourth-order valence-corrected chi connectivity index (χ4v) is 3.25. The SMILES string of the molecule is COP(=S)(Oc1cc(Cl)c(C#N)cc1Cl)SC. The zero-order chi connectivity index (χ0) is 13.1. The van der Waals surface area contributed by atoms with Gasteiger partial charge in [-0.05, 0) is 24.1 Å². The number of nitriles is 1. The summed E-state index contributed by atoms with van der Waals surface area (Å²) in [5, 5.41) is 9.34. The van der Waals surface area contributed by atoms with Gasteiger partial charge in [-0.1, -0.05) is 34.6 Å². The van der Waals surface area contributed by atoms with Crippen LogP contribution >= 0.6 is 40.3 Å². The molecule has 1 rings (SSSR count). The fraction of sp³-hybridized carbons (Fsp3) is 0.222. The summed E-state index contributed by atoms with van der Waals surface area (Å²) in [6, 6.07) is 4.84. The van der Waals surface area contributed by atoms with Crippen LogP contribution < -0.4 is 4.52 Å². The molecule has 3 nitrogen and oxygen atoms in total. The Labute approximate surface area is 119 Å². The van der Waals surface area contributed by atoms with Crippen molar-refractivity contribution >= 4 is 52.1 Å². The first-order valence-electron chi connectivity index (χ1n) is 4.26. The maximum absolute atomic E-state index is 8.78. The molecule has 1 unspecified atom stereocenters. The summed E-state index contributed by atoms with van der Waals surface area (Å²) in [6.07, 6.45) is 1.80. The van der Waals surface area contributed by atoms with Crippen LogP contribution in [0.25, 0.3) is 0 Å². The minimum Gasteiger partial charge on any atom is -0.435 e. The third kappa shape index (κ3) is 3.75. The van der Waals surface area contributed by atoms with Gasteiger partial charge in [0.05, 0.1) is 15.6 Å². The molecular weight excluding hydrogens is 320 g/mol. The molecule has 0 aliphatic carbocycles. The highest BCUT2D eigenvalue weighted by molar-refractivity contribution is 8.67. The second-order valence-electron chi connectivity index (χ2n) is 2.78. The zero-order valence-corrected chi connectivity index (χ0v) is 13.0. The first kappa shape index (κ1) is 15.1. The van der Waals surface area contributed by atoms with Crippen molar-refractivity contribution < 1.29 is 9.05 Å². The van der Waals surface area contributed by atoms with Crippen LogP contribution in [0.15, 0.2) is 12.1 Å². The third-order valence-electron chi connectivity index (χ3n) is 1.80. The Morgan fingerprint density at radius 2 is 2.06 bits per heavy atom. The molecule has 0 aliphatic rings. The summed E-state index contributed by atoms with van der Waals surface area (Å²) in [5.74, 6) is 0.329. The quantitative estimate of drug-likeness (QED) is 0.763. The van der Waals surface area contributed by atoms with Gasteiger partial charge in [-0.25, -0.2) is 0 Å². The fourth-order valence-electron chi connectivity index (χ4n) is 0.954. The van der Waals surface area contributed by atoms with Crippen LogP contribution in [-0.2, 0) is 16.3 Å². The number of hydrogen-bond acceptors (Lipinski definition) is 5. The lowest BCUT2D eigenvalue weighted by atomic mass is 10.2. The van der Waals surface area contributed by atoms with E-state index in [1.165, 1.54) is 30.6 Å². The van der Waals surface area contributed by atoms with E-state index in [1.54, 1.807) is 6.26 Å². The van der Waals surface area contributed by atoms with E-state index in [9.17, 15) is 0 Å². The smallest absolute Gasteiger partial charge is 0.297 e. The molecule has 1 aromatic rings. The molecule has 0 saturated heterocycles. The van der Waals surface area contributed by atoms with Gasteiger partial charge in [-0.3, -0.25) is 0 Å². The van der Waals surface area contributed by atoms with Crippen LogP contribution in [0.4, 0.5) is 0 Å². The molecule has 0 radical (unpaired) electrons. The molecule has 8 heteroatoms. The first-order valence-corrected chi connectivity index (χ1v) is 9.48. The predicted octanol–water partition coefficient (Wildman–Crippen LogP) is 4.48. The summed E-state index contributed by atoms with van der Waals surface area (Å²) < 4.78 is 10.7. The highest BCUT2D eigenvalue weighted by Crippen LogP contribution is 2.59. The molecule has 1 aromatic carbocycles. The number of nitrogens with zero attached hydrogens (tertiary/aromatic N) is 1. The Morgan fingerprint density at radius 1 is 1.41 bits per heavy atom. The Bertz CT molecular complexity index is 510. The van der Waals surface area contributed by atoms with Crippen LogP contribution in [0.3, 0.4) is 0 Å². The molecule has 0 bridgehead atoms. The van der Waals surface area contributed by atoms with E-state index in [-0.39, 0.29) is 10.0 Å². The van der Waals surface area contributed by atoms with Gasteiger partial charge in [0.25, 0.3) is 5.69 Å². The van der Waals surface area contributed by atoms with Gasteiger partial charge >= 0.3 is 0 Å². The molecule has 0 amide bonds. The first-order chi connectivity index (χ1) is 7.95. The van der Waals surface area contributed by atoms with E-state index in [1.807, 2.05) is 6.07 Å². The van der Waals surface area contributed by atoms with E-state index in [0.717, 1.165) is 0 Å². The van der Waals surface area contributed by atoms with Crippen LogP contribution in [0, 0.1) is 11.3 Å². The summed E-state index contributed by atoms with van der Waals surface area (Å²) in [4.78, 5) is 0. The Kier molecular flexibility index (Phi) is 5.59. The van der Waals surface area contributed by atoms with Crippen molar-refractivity contribution in [2.45, 2.75) is 0 Å². The van der Waals surface area contributed by atoms with Crippen LogP contribution in [0.2, 0.25) is 10.0 Å². The molecule has 92 valence electrons. The van der Waals surface area contributed by atoms with Gasteiger partial charge in [0.2, 0.25) is 0 Å². The van der Waals surface area contributed by atoms with Gasteiger partial charge < -0.3 is 9.05 Å². The van der Waals surface area contributed by atoms with Gasteiger partial charge in [0.1, 0.15) is 11.8 Å². The van der Waals surface area contributed by atoms with Crippen molar-refractivity contribution in [3.63, 3.8) is 0 Å². The lowest BCUT2D eigenvalue weighted by Crippen LogP contribution is -1.92.